The summed E-state index contributed by atoms with van der Waals surface area (Å²) in [5.41, 5.74) is 2.48. The lowest BCUT2D eigenvalue weighted by Crippen LogP contribution is -2.30. The topological polar surface area (TPSA) is 95.4 Å². The molecule has 0 fully saturated rings. The smallest absolute Gasteiger partial charge is 0.268 e. The van der Waals surface area contributed by atoms with Gasteiger partial charge < -0.3 is 5.32 Å². The van der Waals surface area contributed by atoms with Gasteiger partial charge in [-0.1, -0.05) is 42.5 Å². The molecule has 0 spiro atoms. The first kappa shape index (κ1) is 25.5. The Morgan fingerprint density at radius 2 is 1.86 bits per heavy atom. The molecule has 2 unspecified atom stereocenters. The summed E-state index contributed by atoms with van der Waals surface area (Å²) in [6, 6.07) is 16.6. The van der Waals surface area contributed by atoms with Crippen LogP contribution < -0.4 is 9.62 Å². The van der Waals surface area contributed by atoms with E-state index in [1.54, 1.807) is 26.0 Å². The molecule has 4 rings (SSSR count). The van der Waals surface area contributed by atoms with Gasteiger partial charge >= 0.3 is 0 Å². The van der Waals surface area contributed by atoms with Gasteiger partial charge in [0.1, 0.15) is 17.3 Å². The standard InChI is InChI=1S/C25H22F2N4O3S2/c1-15-8-10-20(25(32)28-16(2)19-11-9-18(26)14-21(19)27)23(12-15)31(36(33)34)24-22(29-35-30-24)13-17-6-4-3-5-7-17/h3-12,14,16H,13H2,1-2H3,(H,28,32)(H,33,34). The Morgan fingerprint density at radius 3 is 2.56 bits per heavy atom. The van der Waals surface area contributed by atoms with Gasteiger partial charge in [-0.3, -0.25) is 9.35 Å². The molecule has 0 saturated carbocycles. The van der Waals surface area contributed by atoms with E-state index in [0.29, 0.717) is 12.1 Å². The molecule has 0 aliphatic carbocycles. The van der Waals surface area contributed by atoms with Crippen LogP contribution in [0.5, 0.6) is 0 Å². The summed E-state index contributed by atoms with van der Waals surface area (Å²) in [7, 11) is 0. The maximum Gasteiger partial charge on any atom is 0.268 e. The SMILES string of the molecule is Cc1ccc(C(=O)NC(C)c2ccc(F)cc2F)c(N(c2nsnc2Cc2ccccc2)S(=O)O)c1. The van der Waals surface area contributed by atoms with E-state index in [1.807, 2.05) is 30.3 Å². The van der Waals surface area contributed by atoms with Gasteiger partial charge in [0.2, 0.25) is 0 Å². The Labute approximate surface area is 213 Å². The van der Waals surface area contributed by atoms with E-state index in [1.165, 1.54) is 12.1 Å². The van der Waals surface area contributed by atoms with Gasteiger partial charge in [-0.05, 0) is 43.2 Å². The number of aryl methyl sites for hydroxylation is 1. The molecule has 0 saturated heterocycles. The minimum absolute atomic E-state index is 0.0797. The van der Waals surface area contributed by atoms with Crippen molar-refractivity contribution in [1.29, 1.82) is 0 Å². The number of carbonyl (C=O) groups is 1. The molecule has 0 aliphatic rings. The van der Waals surface area contributed by atoms with Gasteiger partial charge in [0.25, 0.3) is 17.2 Å². The van der Waals surface area contributed by atoms with Crippen LogP contribution in [-0.2, 0) is 17.7 Å². The summed E-state index contributed by atoms with van der Waals surface area (Å²) in [5.74, 6) is -1.96. The normalized spacial score (nSPS) is 12.7. The molecule has 7 nitrogen and oxygen atoms in total. The van der Waals surface area contributed by atoms with Crippen molar-refractivity contribution in [2.24, 2.45) is 0 Å². The molecule has 1 heterocycles. The van der Waals surface area contributed by atoms with Crippen molar-refractivity contribution in [2.75, 3.05) is 4.31 Å². The van der Waals surface area contributed by atoms with Crippen LogP contribution >= 0.6 is 11.7 Å². The predicted octanol–water partition coefficient (Wildman–Crippen LogP) is 5.48. The van der Waals surface area contributed by atoms with Gasteiger partial charge in [-0.2, -0.15) is 8.75 Å². The summed E-state index contributed by atoms with van der Waals surface area (Å²) >= 11 is -1.69. The summed E-state index contributed by atoms with van der Waals surface area (Å²) in [4.78, 5) is 13.3. The van der Waals surface area contributed by atoms with Crippen LogP contribution in [0.3, 0.4) is 0 Å². The quantitative estimate of drug-likeness (QED) is 0.295. The van der Waals surface area contributed by atoms with E-state index in [0.717, 1.165) is 39.3 Å². The Kier molecular flexibility index (Phi) is 7.82. The average molecular weight is 529 g/mol. The van der Waals surface area contributed by atoms with Gasteiger partial charge in [0.15, 0.2) is 5.82 Å². The minimum Gasteiger partial charge on any atom is -0.345 e. The number of nitrogens with zero attached hydrogens (tertiary/aromatic N) is 3. The van der Waals surface area contributed by atoms with E-state index in [9.17, 15) is 22.3 Å². The fourth-order valence-corrected chi connectivity index (χ4v) is 4.95. The zero-order chi connectivity index (χ0) is 25.8. The summed E-state index contributed by atoms with van der Waals surface area (Å²) in [6.45, 7) is 3.34. The maximum atomic E-state index is 14.2. The highest BCUT2D eigenvalue weighted by molar-refractivity contribution is 7.81. The van der Waals surface area contributed by atoms with Crippen LogP contribution in [0.15, 0.2) is 66.7 Å². The Balaban J connectivity index is 1.70. The molecule has 1 amide bonds. The average Bonchev–Trinajstić information content (AvgIpc) is 3.27. The molecule has 2 atom stereocenters. The van der Waals surface area contributed by atoms with Crippen LogP contribution in [-0.4, -0.2) is 23.4 Å². The summed E-state index contributed by atoms with van der Waals surface area (Å²) < 4.78 is 60.0. The fraction of sp³-hybridized carbons (Fsp3) is 0.160. The van der Waals surface area contributed by atoms with E-state index in [-0.39, 0.29) is 22.6 Å². The highest BCUT2D eigenvalue weighted by atomic mass is 32.2. The van der Waals surface area contributed by atoms with Crippen LogP contribution in [0.1, 0.15) is 45.7 Å². The van der Waals surface area contributed by atoms with Crippen molar-refractivity contribution in [2.45, 2.75) is 26.3 Å². The fourth-order valence-electron chi connectivity index (χ4n) is 3.74. The number of anilines is 2. The van der Waals surface area contributed by atoms with Gasteiger partial charge in [0, 0.05) is 18.1 Å². The zero-order valence-corrected chi connectivity index (χ0v) is 20.9. The number of hydrogen-bond donors (Lipinski definition) is 2. The summed E-state index contributed by atoms with van der Waals surface area (Å²) in [6.07, 6.45) is 0.370. The zero-order valence-electron chi connectivity index (χ0n) is 19.3. The van der Waals surface area contributed by atoms with Crippen molar-refractivity contribution in [3.05, 3.63) is 106 Å². The number of rotatable bonds is 8. The summed E-state index contributed by atoms with van der Waals surface area (Å²) in [5, 5.41) is 2.68. The van der Waals surface area contributed by atoms with Crippen molar-refractivity contribution < 1.29 is 22.3 Å². The molecule has 2 N–H and O–H groups in total. The van der Waals surface area contributed by atoms with Crippen molar-refractivity contribution >= 4 is 40.4 Å². The Hall–Kier alpha value is -3.54. The van der Waals surface area contributed by atoms with Crippen molar-refractivity contribution in [1.82, 2.24) is 14.1 Å². The highest BCUT2D eigenvalue weighted by Crippen LogP contribution is 2.33. The minimum atomic E-state index is -2.59. The second kappa shape index (κ2) is 11.0. The van der Waals surface area contributed by atoms with Crippen molar-refractivity contribution in [3.8, 4) is 0 Å². The molecule has 1 aromatic heterocycles. The number of nitrogens with one attached hydrogen (secondary N) is 1. The van der Waals surface area contributed by atoms with E-state index in [2.05, 4.69) is 14.1 Å². The van der Waals surface area contributed by atoms with E-state index in [4.69, 9.17) is 0 Å². The molecular weight excluding hydrogens is 506 g/mol. The van der Waals surface area contributed by atoms with Crippen LogP contribution in [0.25, 0.3) is 0 Å². The third-order valence-corrected chi connectivity index (χ3v) is 6.73. The Bertz CT molecular complexity index is 1420. The van der Waals surface area contributed by atoms with Crippen LogP contribution in [0.4, 0.5) is 20.3 Å². The molecular formula is C25H22F2N4O3S2. The first-order valence-electron chi connectivity index (χ1n) is 10.9. The molecule has 186 valence electrons. The molecule has 36 heavy (non-hydrogen) atoms. The first-order chi connectivity index (χ1) is 17.2. The number of aromatic nitrogens is 2. The largest absolute Gasteiger partial charge is 0.345 e. The first-order valence-corrected chi connectivity index (χ1v) is 12.7. The lowest BCUT2D eigenvalue weighted by Gasteiger charge is -2.23. The third-order valence-electron chi connectivity index (χ3n) is 5.49. The molecule has 0 aliphatic heterocycles. The molecule has 3 aromatic carbocycles. The number of halogens is 2. The molecule has 0 bridgehead atoms. The number of hydrogen-bond acceptors (Lipinski definition) is 5. The van der Waals surface area contributed by atoms with Gasteiger partial charge in [0.05, 0.1) is 29.0 Å². The van der Waals surface area contributed by atoms with Crippen LogP contribution in [0.2, 0.25) is 0 Å². The van der Waals surface area contributed by atoms with E-state index >= 15 is 0 Å². The van der Waals surface area contributed by atoms with Gasteiger partial charge in [-0.25, -0.2) is 17.3 Å². The maximum absolute atomic E-state index is 14.2. The second-order valence-electron chi connectivity index (χ2n) is 8.10. The predicted molar refractivity (Wildman–Crippen MR) is 135 cm³/mol. The molecule has 0 radical (unpaired) electrons. The second-order valence-corrected chi connectivity index (χ2v) is 9.46. The number of benzene rings is 3. The van der Waals surface area contributed by atoms with E-state index < -0.39 is 34.8 Å². The van der Waals surface area contributed by atoms with Crippen molar-refractivity contribution in [3.63, 3.8) is 0 Å². The molecule has 4 aromatic rings. The Morgan fingerprint density at radius 1 is 1.11 bits per heavy atom. The lowest BCUT2D eigenvalue weighted by atomic mass is 10.1. The van der Waals surface area contributed by atoms with Crippen LogP contribution in [0, 0.1) is 18.6 Å². The monoisotopic (exact) mass is 528 g/mol. The lowest BCUT2D eigenvalue weighted by molar-refractivity contribution is 0.0940. The number of carbonyl (C=O) groups excluding carboxylic acids is 1. The van der Waals surface area contributed by atoms with Gasteiger partial charge in [-0.15, -0.1) is 0 Å². The third kappa shape index (κ3) is 5.64. The number of amides is 1. The highest BCUT2D eigenvalue weighted by Gasteiger charge is 2.28. The molecule has 11 heteroatoms.